The lowest BCUT2D eigenvalue weighted by Crippen LogP contribution is -2.18. The summed E-state index contributed by atoms with van der Waals surface area (Å²) in [6.45, 7) is 8.17. The zero-order valence-electron chi connectivity index (χ0n) is 17.3. The van der Waals surface area contributed by atoms with Gasteiger partial charge < -0.3 is 0 Å². The molecule has 0 saturated heterocycles. The van der Waals surface area contributed by atoms with Crippen LogP contribution in [0.1, 0.15) is 48.0 Å². The van der Waals surface area contributed by atoms with E-state index < -0.39 is 4.92 Å². The van der Waals surface area contributed by atoms with E-state index in [0.29, 0.717) is 16.9 Å². The van der Waals surface area contributed by atoms with Crippen LogP contribution in [0.15, 0.2) is 59.8 Å². The standard InChI is InChI=1S/C22H23N5O3/c1-15-17(14-26(25-15)19-9-11-20(12-10-19)27(29)30)13-23-24-21(28)16-5-7-18(8-6-16)22(2,3)4/h5-14H,1-4H3,(H,24,28)/b23-13-. The first-order valence-corrected chi connectivity index (χ1v) is 9.40. The third-order valence-electron chi connectivity index (χ3n) is 4.64. The second-order valence-electron chi connectivity index (χ2n) is 7.91. The third kappa shape index (κ3) is 4.78. The Labute approximate surface area is 174 Å². The molecule has 1 aromatic heterocycles. The number of nitrogens with one attached hydrogen (secondary N) is 1. The largest absolute Gasteiger partial charge is 0.271 e. The van der Waals surface area contributed by atoms with Gasteiger partial charge in [-0.15, -0.1) is 0 Å². The number of non-ortho nitro benzene ring substituents is 1. The van der Waals surface area contributed by atoms with Gasteiger partial charge in [0.05, 0.1) is 22.5 Å². The summed E-state index contributed by atoms with van der Waals surface area (Å²) in [7, 11) is 0. The fraction of sp³-hybridized carbons (Fsp3) is 0.227. The summed E-state index contributed by atoms with van der Waals surface area (Å²) in [6, 6.07) is 13.5. The van der Waals surface area contributed by atoms with Crippen LogP contribution in [0, 0.1) is 17.0 Å². The molecule has 8 heteroatoms. The SMILES string of the molecule is Cc1nn(-c2ccc([N+](=O)[O-])cc2)cc1/C=N\NC(=O)c1ccc(C(C)(C)C)cc1. The number of rotatable bonds is 5. The van der Waals surface area contributed by atoms with Gasteiger partial charge in [-0.25, -0.2) is 10.1 Å². The van der Waals surface area contributed by atoms with Gasteiger partial charge in [0.25, 0.3) is 11.6 Å². The molecule has 2 aromatic carbocycles. The van der Waals surface area contributed by atoms with E-state index in [4.69, 9.17) is 0 Å². The van der Waals surface area contributed by atoms with Crippen molar-refractivity contribution in [1.82, 2.24) is 15.2 Å². The molecule has 1 amide bonds. The highest BCUT2D eigenvalue weighted by molar-refractivity contribution is 5.95. The first-order valence-electron chi connectivity index (χ1n) is 9.40. The van der Waals surface area contributed by atoms with Crippen LogP contribution in [0.2, 0.25) is 0 Å². The van der Waals surface area contributed by atoms with Gasteiger partial charge in [0.1, 0.15) is 0 Å². The van der Waals surface area contributed by atoms with Crippen molar-refractivity contribution in [1.29, 1.82) is 0 Å². The monoisotopic (exact) mass is 405 g/mol. The zero-order chi connectivity index (χ0) is 21.9. The quantitative estimate of drug-likeness (QED) is 0.391. The van der Waals surface area contributed by atoms with Crippen molar-refractivity contribution in [3.8, 4) is 5.69 Å². The Balaban J connectivity index is 1.68. The lowest BCUT2D eigenvalue weighted by Gasteiger charge is -2.18. The molecule has 3 rings (SSSR count). The van der Waals surface area contributed by atoms with E-state index in [1.165, 1.54) is 18.3 Å². The van der Waals surface area contributed by atoms with Gasteiger partial charge in [-0.3, -0.25) is 14.9 Å². The van der Waals surface area contributed by atoms with Gasteiger partial charge in [-0.05, 0) is 42.2 Å². The van der Waals surface area contributed by atoms with E-state index in [2.05, 4.69) is 36.4 Å². The maximum absolute atomic E-state index is 12.3. The average Bonchev–Trinajstić information content (AvgIpc) is 3.08. The van der Waals surface area contributed by atoms with Crippen molar-refractivity contribution in [2.75, 3.05) is 0 Å². The Morgan fingerprint density at radius 2 is 1.77 bits per heavy atom. The molecule has 0 aliphatic rings. The predicted molar refractivity (Wildman–Crippen MR) is 115 cm³/mol. The molecule has 1 heterocycles. The first-order chi connectivity index (χ1) is 14.1. The number of hydrazone groups is 1. The van der Waals surface area contributed by atoms with Crippen LogP contribution in [0.4, 0.5) is 5.69 Å². The van der Waals surface area contributed by atoms with Crippen LogP contribution in [0.5, 0.6) is 0 Å². The number of nitro benzene ring substituents is 1. The maximum Gasteiger partial charge on any atom is 0.271 e. The maximum atomic E-state index is 12.3. The minimum Gasteiger partial charge on any atom is -0.267 e. The molecule has 0 radical (unpaired) electrons. The first kappa shape index (κ1) is 20.9. The molecule has 0 atom stereocenters. The van der Waals surface area contributed by atoms with Crippen molar-refractivity contribution in [3.63, 3.8) is 0 Å². The van der Waals surface area contributed by atoms with E-state index in [0.717, 1.165) is 11.1 Å². The van der Waals surface area contributed by atoms with E-state index in [1.54, 1.807) is 35.1 Å². The Bertz CT molecular complexity index is 1090. The number of aromatic nitrogens is 2. The molecule has 0 saturated carbocycles. The number of amides is 1. The summed E-state index contributed by atoms with van der Waals surface area (Å²) in [5.74, 6) is -0.299. The van der Waals surface area contributed by atoms with E-state index in [9.17, 15) is 14.9 Å². The summed E-state index contributed by atoms with van der Waals surface area (Å²) in [5, 5.41) is 19.2. The van der Waals surface area contributed by atoms with Gasteiger partial charge in [0.2, 0.25) is 0 Å². The molecule has 30 heavy (non-hydrogen) atoms. The summed E-state index contributed by atoms with van der Waals surface area (Å²) >= 11 is 0. The second kappa shape index (κ2) is 8.28. The average molecular weight is 405 g/mol. The lowest BCUT2D eigenvalue weighted by atomic mass is 9.87. The van der Waals surface area contributed by atoms with Crippen molar-refractivity contribution < 1.29 is 9.72 Å². The molecular formula is C22H23N5O3. The third-order valence-corrected chi connectivity index (χ3v) is 4.64. The highest BCUT2D eigenvalue weighted by Gasteiger charge is 2.14. The summed E-state index contributed by atoms with van der Waals surface area (Å²) in [6.07, 6.45) is 3.26. The van der Waals surface area contributed by atoms with Crippen LogP contribution >= 0.6 is 0 Å². The van der Waals surface area contributed by atoms with Gasteiger partial charge in [0.15, 0.2) is 0 Å². The Morgan fingerprint density at radius 3 is 2.33 bits per heavy atom. The number of aryl methyl sites for hydroxylation is 1. The smallest absolute Gasteiger partial charge is 0.267 e. The molecule has 154 valence electrons. The molecule has 0 bridgehead atoms. The van der Waals surface area contributed by atoms with E-state index in [1.807, 2.05) is 19.1 Å². The predicted octanol–water partition coefficient (Wildman–Crippen LogP) is 4.15. The molecule has 0 spiro atoms. The van der Waals surface area contributed by atoms with Crippen LogP contribution in [-0.4, -0.2) is 26.8 Å². The number of hydrogen-bond donors (Lipinski definition) is 1. The Hall–Kier alpha value is -3.81. The molecule has 1 N–H and O–H groups in total. The highest BCUT2D eigenvalue weighted by atomic mass is 16.6. The number of hydrogen-bond acceptors (Lipinski definition) is 5. The minimum atomic E-state index is -0.449. The highest BCUT2D eigenvalue weighted by Crippen LogP contribution is 2.22. The number of carbonyl (C=O) groups is 1. The van der Waals surface area contributed by atoms with Gasteiger partial charge in [-0.1, -0.05) is 32.9 Å². The van der Waals surface area contributed by atoms with Crippen molar-refractivity contribution >= 4 is 17.8 Å². The number of carbonyl (C=O) groups excluding carboxylic acids is 1. The van der Waals surface area contributed by atoms with Crippen LogP contribution in [0.25, 0.3) is 5.69 Å². The van der Waals surface area contributed by atoms with E-state index in [-0.39, 0.29) is 17.0 Å². The van der Waals surface area contributed by atoms with Crippen LogP contribution in [-0.2, 0) is 5.41 Å². The normalized spacial score (nSPS) is 11.6. The molecule has 3 aromatic rings. The molecule has 0 aliphatic carbocycles. The van der Waals surface area contributed by atoms with Crippen LogP contribution < -0.4 is 5.43 Å². The molecule has 0 fully saturated rings. The van der Waals surface area contributed by atoms with Gasteiger partial charge in [-0.2, -0.15) is 10.2 Å². The van der Waals surface area contributed by atoms with E-state index >= 15 is 0 Å². The topological polar surface area (TPSA) is 102 Å². The summed E-state index contributed by atoms with van der Waals surface area (Å²) in [5.41, 5.74) is 6.35. The van der Waals surface area contributed by atoms with Gasteiger partial charge in [0, 0.05) is 29.5 Å². The molecule has 0 aliphatic heterocycles. The van der Waals surface area contributed by atoms with Crippen molar-refractivity contribution in [3.05, 3.63) is 87.2 Å². The number of benzene rings is 2. The molecular weight excluding hydrogens is 382 g/mol. The minimum absolute atomic E-state index is 0.0164. The zero-order valence-corrected chi connectivity index (χ0v) is 17.3. The second-order valence-corrected chi connectivity index (χ2v) is 7.91. The Morgan fingerprint density at radius 1 is 1.13 bits per heavy atom. The molecule has 8 nitrogen and oxygen atoms in total. The summed E-state index contributed by atoms with van der Waals surface area (Å²) < 4.78 is 1.60. The van der Waals surface area contributed by atoms with Gasteiger partial charge >= 0.3 is 0 Å². The van der Waals surface area contributed by atoms with Crippen molar-refractivity contribution in [2.45, 2.75) is 33.1 Å². The molecule has 0 unspecified atom stereocenters. The van der Waals surface area contributed by atoms with Crippen LogP contribution in [0.3, 0.4) is 0 Å². The Kier molecular flexibility index (Phi) is 5.77. The fourth-order valence-electron chi connectivity index (χ4n) is 2.81. The lowest BCUT2D eigenvalue weighted by molar-refractivity contribution is -0.384. The fourth-order valence-corrected chi connectivity index (χ4v) is 2.81. The van der Waals surface area contributed by atoms with Crippen molar-refractivity contribution in [2.24, 2.45) is 5.10 Å². The summed E-state index contributed by atoms with van der Waals surface area (Å²) in [4.78, 5) is 22.6. The number of nitro groups is 1. The number of nitrogens with zero attached hydrogens (tertiary/aromatic N) is 4.